The minimum atomic E-state index is -0.500. The molecule has 1 heterocycles. The normalized spacial score (nSPS) is 10.4. The molecule has 8 heteroatoms. The highest BCUT2D eigenvalue weighted by molar-refractivity contribution is 6.09. The summed E-state index contributed by atoms with van der Waals surface area (Å²) in [5, 5.41) is 21.9. The average molecular weight is 337 g/mol. The molecule has 0 aliphatic heterocycles. The molecule has 0 fully saturated rings. The van der Waals surface area contributed by atoms with Crippen LogP contribution in [0.15, 0.2) is 60.9 Å². The van der Waals surface area contributed by atoms with Crippen molar-refractivity contribution in [3.63, 3.8) is 0 Å². The zero-order chi connectivity index (χ0) is 17.6. The third-order valence-corrected chi connectivity index (χ3v) is 3.62. The molecule has 8 nitrogen and oxygen atoms in total. The van der Waals surface area contributed by atoms with E-state index in [9.17, 15) is 14.9 Å². The van der Waals surface area contributed by atoms with Crippen molar-refractivity contribution in [1.29, 1.82) is 0 Å². The molecule has 0 saturated heterocycles. The predicted molar refractivity (Wildman–Crippen MR) is 91.5 cm³/mol. The maximum atomic E-state index is 12.4. The summed E-state index contributed by atoms with van der Waals surface area (Å²) in [7, 11) is 0. The number of ketones is 1. The SMILES string of the molecule is O=C(c1ccccc1)c1ccc(NCCn2ccnn2)c([N+](=O)[O-])c1. The van der Waals surface area contributed by atoms with Gasteiger partial charge in [-0.25, -0.2) is 0 Å². The summed E-state index contributed by atoms with van der Waals surface area (Å²) in [5.41, 5.74) is 0.985. The number of aromatic nitrogens is 3. The van der Waals surface area contributed by atoms with Gasteiger partial charge in [0.15, 0.2) is 5.78 Å². The van der Waals surface area contributed by atoms with E-state index in [4.69, 9.17) is 0 Å². The van der Waals surface area contributed by atoms with E-state index in [1.807, 2.05) is 0 Å². The highest BCUT2D eigenvalue weighted by Gasteiger charge is 2.18. The lowest BCUT2D eigenvalue weighted by Gasteiger charge is -2.08. The summed E-state index contributed by atoms with van der Waals surface area (Å²) in [4.78, 5) is 23.3. The number of hydrogen-bond donors (Lipinski definition) is 1. The number of carbonyl (C=O) groups is 1. The number of rotatable bonds is 7. The fraction of sp³-hybridized carbons (Fsp3) is 0.118. The molecular weight excluding hydrogens is 322 g/mol. The third-order valence-electron chi connectivity index (χ3n) is 3.62. The van der Waals surface area contributed by atoms with Crippen LogP contribution in [0.25, 0.3) is 0 Å². The third kappa shape index (κ3) is 3.86. The fourth-order valence-corrected chi connectivity index (χ4v) is 2.39. The number of nitro benzene ring substituents is 1. The van der Waals surface area contributed by atoms with Crippen molar-refractivity contribution in [2.24, 2.45) is 0 Å². The zero-order valence-electron chi connectivity index (χ0n) is 13.2. The average Bonchev–Trinajstić information content (AvgIpc) is 3.15. The molecule has 0 unspecified atom stereocenters. The van der Waals surface area contributed by atoms with Crippen molar-refractivity contribution in [2.75, 3.05) is 11.9 Å². The second-order valence-electron chi connectivity index (χ2n) is 5.28. The number of nitro groups is 1. The number of nitrogens with zero attached hydrogens (tertiary/aromatic N) is 4. The molecule has 0 saturated carbocycles. The summed E-state index contributed by atoms with van der Waals surface area (Å²) < 4.78 is 1.62. The Bertz CT molecular complexity index is 879. The van der Waals surface area contributed by atoms with Crippen LogP contribution in [0.5, 0.6) is 0 Å². The van der Waals surface area contributed by atoms with Crippen molar-refractivity contribution in [3.05, 3.63) is 82.2 Å². The van der Waals surface area contributed by atoms with E-state index in [1.54, 1.807) is 59.5 Å². The molecule has 0 aliphatic carbocycles. The number of hydrogen-bond acceptors (Lipinski definition) is 6. The van der Waals surface area contributed by atoms with Crippen LogP contribution in [0.3, 0.4) is 0 Å². The number of nitrogens with one attached hydrogen (secondary N) is 1. The van der Waals surface area contributed by atoms with Gasteiger partial charge in [-0.15, -0.1) is 5.10 Å². The molecule has 2 aromatic carbocycles. The fourth-order valence-electron chi connectivity index (χ4n) is 2.39. The Morgan fingerprint density at radius 3 is 2.64 bits per heavy atom. The number of anilines is 1. The van der Waals surface area contributed by atoms with Crippen LogP contribution in [0.4, 0.5) is 11.4 Å². The van der Waals surface area contributed by atoms with Crippen LogP contribution in [0.2, 0.25) is 0 Å². The number of benzene rings is 2. The second kappa shape index (κ2) is 7.35. The first-order valence-corrected chi connectivity index (χ1v) is 7.61. The standard InChI is InChI=1S/C17H15N5O3/c23-17(13-4-2-1-3-5-13)14-6-7-15(16(12-14)22(24)25)18-8-10-21-11-9-19-20-21/h1-7,9,11-12,18H,8,10H2. The van der Waals surface area contributed by atoms with E-state index >= 15 is 0 Å². The smallest absolute Gasteiger partial charge is 0.293 e. The molecule has 1 N–H and O–H groups in total. The molecule has 0 spiro atoms. The molecule has 0 aliphatic rings. The van der Waals surface area contributed by atoms with Crippen molar-refractivity contribution in [2.45, 2.75) is 6.54 Å². The molecule has 3 rings (SSSR count). The number of carbonyl (C=O) groups excluding carboxylic acids is 1. The zero-order valence-corrected chi connectivity index (χ0v) is 13.2. The first kappa shape index (κ1) is 16.3. The first-order chi connectivity index (χ1) is 12.1. The molecule has 3 aromatic rings. The van der Waals surface area contributed by atoms with Gasteiger partial charge in [-0.3, -0.25) is 19.6 Å². The van der Waals surface area contributed by atoms with E-state index in [2.05, 4.69) is 15.6 Å². The highest BCUT2D eigenvalue weighted by Crippen LogP contribution is 2.26. The van der Waals surface area contributed by atoms with Crippen LogP contribution in [0.1, 0.15) is 15.9 Å². The molecular formula is C17H15N5O3. The van der Waals surface area contributed by atoms with Crippen molar-refractivity contribution >= 4 is 17.2 Å². The minimum Gasteiger partial charge on any atom is -0.378 e. The largest absolute Gasteiger partial charge is 0.378 e. The Balaban J connectivity index is 1.78. The summed E-state index contributed by atoms with van der Waals surface area (Å²) >= 11 is 0. The van der Waals surface area contributed by atoms with Gasteiger partial charge in [0, 0.05) is 29.9 Å². The summed E-state index contributed by atoms with van der Waals surface area (Å²) in [6.07, 6.45) is 3.27. The van der Waals surface area contributed by atoms with Gasteiger partial charge in [0.2, 0.25) is 0 Å². The lowest BCUT2D eigenvalue weighted by atomic mass is 10.0. The van der Waals surface area contributed by atoms with Crippen LogP contribution >= 0.6 is 0 Å². The first-order valence-electron chi connectivity index (χ1n) is 7.61. The summed E-state index contributed by atoms with van der Waals surface area (Å²) in [6, 6.07) is 13.1. The molecule has 0 radical (unpaired) electrons. The van der Waals surface area contributed by atoms with E-state index in [0.29, 0.717) is 24.3 Å². The molecule has 1 aromatic heterocycles. The van der Waals surface area contributed by atoms with E-state index in [0.717, 1.165) is 0 Å². The van der Waals surface area contributed by atoms with E-state index in [-0.39, 0.29) is 17.0 Å². The Morgan fingerprint density at radius 2 is 1.96 bits per heavy atom. The van der Waals surface area contributed by atoms with Crippen molar-refractivity contribution < 1.29 is 9.72 Å². The maximum absolute atomic E-state index is 12.4. The van der Waals surface area contributed by atoms with Gasteiger partial charge in [0.1, 0.15) is 5.69 Å². The maximum Gasteiger partial charge on any atom is 0.293 e. The highest BCUT2D eigenvalue weighted by atomic mass is 16.6. The molecule has 0 amide bonds. The minimum absolute atomic E-state index is 0.139. The molecule has 126 valence electrons. The van der Waals surface area contributed by atoms with Gasteiger partial charge in [-0.05, 0) is 12.1 Å². The van der Waals surface area contributed by atoms with Crippen molar-refractivity contribution in [3.8, 4) is 0 Å². The van der Waals surface area contributed by atoms with Gasteiger partial charge in [0.25, 0.3) is 5.69 Å². The monoisotopic (exact) mass is 337 g/mol. The van der Waals surface area contributed by atoms with Gasteiger partial charge >= 0.3 is 0 Å². The topological polar surface area (TPSA) is 103 Å². The Hall–Kier alpha value is -3.55. The summed E-state index contributed by atoms with van der Waals surface area (Å²) in [5.74, 6) is -0.252. The Kier molecular flexibility index (Phi) is 4.79. The van der Waals surface area contributed by atoms with E-state index in [1.165, 1.54) is 6.07 Å². The Morgan fingerprint density at radius 1 is 1.16 bits per heavy atom. The quantitative estimate of drug-likeness (QED) is 0.404. The van der Waals surface area contributed by atoms with Crippen LogP contribution in [0, 0.1) is 10.1 Å². The van der Waals surface area contributed by atoms with Crippen LogP contribution in [-0.4, -0.2) is 32.2 Å². The lowest BCUT2D eigenvalue weighted by Crippen LogP contribution is -2.12. The van der Waals surface area contributed by atoms with Gasteiger partial charge in [-0.2, -0.15) is 0 Å². The predicted octanol–water partition coefficient (Wildman–Crippen LogP) is 2.53. The van der Waals surface area contributed by atoms with Gasteiger partial charge in [-0.1, -0.05) is 35.5 Å². The Labute approximate surface area is 143 Å². The van der Waals surface area contributed by atoms with E-state index < -0.39 is 4.92 Å². The van der Waals surface area contributed by atoms with Crippen LogP contribution in [-0.2, 0) is 6.54 Å². The van der Waals surface area contributed by atoms with Crippen molar-refractivity contribution in [1.82, 2.24) is 15.0 Å². The van der Waals surface area contributed by atoms with Gasteiger partial charge in [0.05, 0.1) is 17.7 Å². The molecule has 25 heavy (non-hydrogen) atoms. The van der Waals surface area contributed by atoms with Crippen LogP contribution < -0.4 is 5.32 Å². The second-order valence-corrected chi connectivity index (χ2v) is 5.28. The molecule has 0 bridgehead atoms. The molecule has 0 atom stereocenters. The summed E-state index contributed by atoms with van der Waals surface area (Å²) in [6.45, 7) is 0.956. The lowest BCUT2D eigenvalue weighted by molar-refractivity contribution is -0.384. The van der Waals surface area contributed by atoms with Gasteiger partial charge < -0.3 is 5.32 Å².